The largest absolute Gasteiger partial charge is 0.452 e. The Kier molecular flexibility index (Phi) is 4.85. The molecule has 7 heteroatoms. The zero-order valence-corrected chi connectivity index (χ0v) is 12.8. The predicted molar refractivity (Wildman–Crippen MR) is 79.0 cm³/mol. The number of esters is 1. The molecule has 0 aliphatic carbocycles. The standard InChI is InChI=1S/C14H16N2O4S/c1-9(13(18)16(2)3)19-12(17)8-21-14-15-10-6-4-5-7-11(10)20-14/h4-7,9H,8H2,1-3H3/t9-/m0/s1. The molecule has 2 aromatic rings. The van der Waals surface area contributed by atoms with E-state index in [0.717, 1.165) is 17.3 Å². The first-order chi connectivity index (χ1) is 9.97. The Hall–Kier alpha value is -2.02. The van der Waals surface area contributed by atoms with E-state index in [9.17, 15) is 9.59 Å². The number of amides is 1. The number of thioether (sulfide) groups is 1. The van der Waals surface area contributed by atoms with Gasteiger partial charge in [0.05, 0.1) is 0 Å². The summed E-state index contributed by atoms with van der Waals surface area (Å²) in [6.07, 6.45) is -0.795. The van der Waals surface area contributed by atoms with Gasteiger partial charge in [0.15, 0.2) is 11.7 Å². The zero-order chi connectivity index (χ0) is 15.4. The Bertz CT molecular complexity index is 620. The Morgan fingerprint density at radius 2 is 2.10 bits per heavy atom. The second-order valence-corrected chi connectivity index (χ2v) is 5.53. The highest BCUT2D eigenvalue weighted by Gasteiger charge is 2.19. The van der Waals surface area contributed by atoms with E-state index in [1.54, 1.807) is 21.0 Å². The molecule has 0 saturated carbocycles. The van der Waals surface area contributed by atoms with Gasteiger partial charge >= 0.3 is 5.97 Å². The minimum absolute atomic E-state index is 0.0396. The summed E-state index contributed by atoms with van der Waals surface area (Å²) in [5.41, 5.74) is 1.41. The molecule has 1 heterocycles. The number of aromatic nitrogens is 1. The average Bonchev–Trinajstić information content (AvgIpc) is 2.86. The molecule has 0 bridgehead atoms. The zero-order valence-electron chi connectivity index (χ0n) is 12.0. The van der Waals surface area contributed by atoms with Gasteiger partial charge in [0.1, 0.15) is 11.3 Å². The Labute approximate surface area is 126 Å². The third-order valence-electron chi connectivity index (χ3n) is 2.68. The third-order valence-corrected chi connectivity index (χ3v) is 3.49. The Balaban J connectivity index is 1.87. The Morgan fingerprint density at radius 1 is 1.38 bits per heavy atom. The van der Waals surface area contributed by atoms with Crippen LogP contribution in [0.5, 0.6) is 0 Å². The minimum Gasteiger partial charge on any atom is -0.452 e. The summed E-state index contributed by atoms with van der Waals surface area (Å²) in [4.78, 5) is 28.9. The molecule has 112 valence electrons. The summed E-state index contributed by atoms with van der Waals surface area (Å²) < 4.78 is 10.5. The van der Waals surface area contributed by atoms with Crippen LogP contribution in [0.25, 0.3) is 11.1 Å². The summed E-state index contributed by atoms with van der Waals surface area (Å²) in [5.74, 6) is -0.696. The first-order valence-corrected chi connectivity index (χ1v) is 7.35. The number of carbonyl (C=O) groups excluding carboxylic acids is 2. The van der Waals surface area contributed by atoms with E-state index in [-0.39, 0.29) is 11.7 Å². The van der Waals surface area contributed by atoms with E-state index < -0.39 is 12.1 Å². The Morgan fingerprint density at radius 3 is 2.76 bits per heavy atom. The fourth-order valence-electron chi connectivity index (χ4n) is 1.68. The summed E-state index contributed by atoms with van der Waals surface area (Å²) in [6.45, 7) is 1.55. The van der Waals surface area contributed by atoms with E-state index in [1.165, 1.54) is 4.90 Å². The van der Waals surface area contributed by atoms with Gasteiger partial charge in [-0.1, -0.05) is 23.9 Å². The fraction of sp³-hybridized carbons (Fsp3) is 0.357. The van der Waals surface area contributed by atoms with Crippen LogP contribution in [0, 0.1) is 0 Å². The number of para-hydroxylation sites is 2. The molecule has 0 fully saturated rings. The van der Waals surface area contributed by atoms with Crippen LogP contribution in [0.15, 0.2) is 33.9 Å². The molecule has 0 N–H and O–H groups in total. The minimum atomic E-state index is -0.795. The van der Waals surface area contributed by atoms with Gasteiger partial charge in [-0.15, -0.1) is 0 Å². The number of nitrogens with zero attached hydrogens (tertiary/aromatic N) is 2. The number of hydrogen-bond donors (Lipinski definition) is 0. The lowest BCUT2D eigenvalue weighted by molar-refractivity contribution is -0.155. The van der Waals surface area contributed by atoms with E-state index in [4.69, 9.17) is 9.15 Å². The van der Waals surface area contributed by atoms with Crippen LogP contribution in [-0.2, 0) is 14.3 Å². The number of hydrogen-bond acceptors (Lipinski definition) is 6. The van der Waals surface area contributed by atoms with Crippen LogP contribution in [0.1, 0.15) is 6.92 Å². The molecule has 1 aromatic carbocycles. The average molecular weight is 308 g/mol. The van der Waals surface area contributed by atoms with E-state index in [2.05, 4.69) is 4.98 Å². The number of carbonyl (C=O) groups is 2. The topological polar surface area (TPSA) is 72.6 Å². The van der Waals surface area contributed by atoms with Crippen molar-refractivity contribution >= 4 is 34.7 Å². The SMILES string of the molecule is C[C@H](OC(=O)CSc1nc2ccccc2o1)C(=O)N(C)C. The molecule has 0 aliphatic heterocycles. The maximum Gasteiger partial charge on any atom is 0.317 e. The predicted octanol–water partition coefficient (Wildman–Crippen LogP) is 1.94. The van der Waals surface area contributed by atoms with Crippen molar-refractivity contribution in [1.82, 2.24) is 9.88 Å². The van der Waals surface area contributed by atoms with E-state index >= 15 is 0 Å². The molecule has 1 amide bonds. The molecule has 1 atom stereocenters. The molecule has 0 aliphatic rings. The summed E-state index contributed by atoms with van der Waals surface area (Å²) in [6, 6.07) is 7.36. The maximum absolute atomic E-state index is 11.7. The highest BCUT2D eigenvalue weighted by molar-refractivity contribution is 7.99. The van der Waals surface area contributed by atoms with Gasteiger partial charge in [-0.2, -0.15) is 0 Å². The van der Waals surface area contributed by atoms with Gasteiger partial charge in [0.2, 0.25) is 0 Å². The second kappa shape index (κ2) is 6.62. The summed E-state index contributed by atoms with van der Waals surface area (Å²) >= 11 is 1.14. The van der Waals surface area contributed by atoms with Crippen molar-refractivity contribution in [1.29, 1.82) is 0 Å². The third kappa shape index (κ3) is 3.98. The van der Waals surface area contributed by atoms with Gasteiger partial charge in [0, 0.05) is 14.1 Å². The van der Waals surface area contributed by atoms with Crippen molar-refractivity contribution in [2.45, 2.75) is 18.3 Å². The van der Waals surface area contributed by atoms with Gasteiger partial charge in [-0.05, 0) is 19.1 Å². The molecular weight excluding hydrogens is 292 g/mol. The van der Waals surface area contributed by atoms with Crippen molar-refractivity contribution in [3.63, 3.8) is 0 Å². The van der Waals surface area contributed by atoms with Crippen LogP contribution in [-0.4, -0.2) is 47.7 Å². The maximum atomic E-state index is 11.7. The number of benzene rings is 1. The molecule has 21 heavy (non-hydrogen) atoms. The summed E-state index contributed by atoms with van der Waals surface area (Å²) in [5, 5.41) is 0.403. The van der Waals surface area contributed by atoms with Crippen LogP contribution < -0.4 is 0 Å². The van der Waals surface area contributed by atoms with Gasteiger partial charge < -0.3 is 14.1 Å². The lowest BCUT2D eigenvalue weighted by Crippen LogP contribution is -2.35. The van der Waals surface area contributed by atoms with Crippen LogP contribution >= 0.6 is 11.8 Å². The van der Waals surface area contributed by atoms with Crippen molar-refractivity contribution in [2.75, 3.05) is 19.8 Å². The monoisotopic (exact) mass is 308 g/mol. The van der Waals surface area contributed by atoms with Crippen molar-refractivity contribution in [3.8, 4) is 0 Å². The molecule has 6 nitrogen and oxygen atoms in total. The first kappa shape index (κ1) is 15.4. The molecule has 0 unspecified atom stereocenters. The number of rotatable bonds is 5. The normalized spacial score (nSPS) is 12.1. The highest BCUT2D eigenvalue weighted by atomic mass is 32.2. The van der Waals surface area contributed by atoms with Gasteiger partial charge in [0.25, 0.3) is 11.1 Å². The lowest BCUT2D eigenvalue weighted by Gasteiger charge is -2.16. The van der Waals surface area contributed by atoms with E-state index in [0.29, 0.717) is 10.8 Å². The van der Waals surface area contributed by atoms with Gasteiger partial charge in [-0.3, -0.25) is 9.59 Å². The number of ether oxygens (including phenoxy) is 1. The first-order valence-electron chi connectivity index (χ1n) is 6.36. The summed E-state index contributed by atoms with van der Waals surface area (Å²) in [7, 11) is 3.22. The smallest absolute Gasteiger partial charge is 0.317 e. The van der Waals surface area contributed by atoms with Crippen LogP contribution in [0.2, 0.25) is 0 Å². The highest BCUT2D eigenvalue weighted by Crippen LogP contribution is 2.23. The molecule has 0 radical (unpaired) electrons. The molecule has 0 spiro atoms. The molecule has 1 aromatic heterocycles. The number of likely N-dealkylation sites (N-methyl/N-ethyl adjacent to an activating group) is 1. The quantitative estimate of drug-likeness (QED) is 0.621. The number of fused-ring (bicyclic) bond motifs is 1. The van der Waals surface area contributed by atoms with Crippen LogP contribution in [0.3, 0.4) is 0 Å². The van der Waals surface area contributed by atoms with E-state index in [1.807, 2.05) is 24.3 Å². The van der Waals surface area contributed by atoms with Crippen molar-refractivity contribution in [2.24, 2.45) is 0 Å². The lowest BCUT2D eigenvalue weighted by atomic mass is 10.3. The van der Waals surface area contributed by atoms with Gasteiger partial charge in [-0.25, -0.2) is 4.98 Å². The number of oxazole rings is 1. The van der Waals surface area contributed by atoms with Crippen LogP contribution in [0.4, 0.5) is 0 Å². The second-order valence-electron chi connectivity index (χ2n) is 4.60. The fourth-order valence-corrected chi connectivity index (χ4v) is 2.30. The molecule has 2 rings (SSSR count). The molecular formula is C14H16N2O4S. The van der Waals surface area contributed by atoms with Crippen molar-refractivity contribution in [3.05, 3.63) is 24.3 Å². The van der Waals surface area contributed by atoms with Crippen molar-refractivity contribution < 1.29 is 18.7 Å². The molecule has 0 saturated heterocycles.